The second-order valence-electron chi connectivity index (χ2n) is 7.81. The maximum Gasteiger partial charge on any atom is 0.255 e. The zero-order valence-corrected chi connectivity index (χ0v) is 17.9. The minimum atomic E-state index is 0.0301. The first-order valence-corrected chi connectivity index (χ1v) is 10.7. The van der Waals surface area contributed by atoms with Gasteiger partial charge in [0, 0.05) is 42.0 Å². The Hall–Kier alpha value is -3.77. The van der Waals surface area contributed by atoms with Gasteiger partial charge in [-0.1, -0.05) is 24.3 Å². The van der Waals surface area contributed by atoms with Crippen LogP contribution in [-0.4, -0.2) is 41.1 Å². The number of carbonyl (C=O) groups excluding carboxylic acids is 1. The van der Waals surface area contributed by atoms with Gasteiger partial charge in [0.25, 0.3) is 5.91 Å². The summed E-state index contributed by atoms with van der Waals surface area (Å²) in [6.07, 6.45) is 4.19. The Labute approximate surface area is 186 Å². The molecule has 3 heterocycles. The lowest BCUT2D eigenvalue weighted by Gasteiger charge is -2.15. The first-order chi connectivity index (χ1) is 15.7. The Morgan fingerprint density at radius 3 is 2.72 bits per heavy atom. The molecule has 0 saturated carbocycles. The predicted molar refractivity (Wildman–Crippen MR) is 124 cm³/mol. The van der Waals surface area contributed by atoms with Crippen LogP contribution in [0.4, 0.5) is 0 Å². The van der Waals surface area contributed by atoms with E-state index < -0.39 is 0 Å². The summed E-state index contributed by atoms with van der Waals surface area (Å²) in [6, 6.07) is 20.0. The molecule has 0 fully saturated rings. The minimum Gasteiger partial charge on any atom is -0.478 e. The Balaban J connectivity index is 1.42. The molecule has 32 heavy (non-hydrogen) atoms. The molecule has 0 radical (unpaired) electrons. The summed E-state index contributed by atoms with van der Waals surface area (Å²) in [7, 11) is 1.83. The molecule has 6 nitrogen and oxygen atoms in total. The van der Waals surface area contributed by atoms with Gasteiger partial charge in [-0.05, 0) is 54.6 Å². The third kappa shape index (κ3) is 3.81. The number of carbonyl (C=O) groups is 1. The Morgan fingerprint density at radius 1 is 1.03 bits per heavy atom. The number of nitrogens with zero attached hydrogens (tertiary/aromatic N) is 3. The topological polar surface area (TPSA) is 67.3 Å². The summed E-state index contributed by atoms with van der Waals surface area (Å²) in [5, 5.41) is 4.12. The van der Waals surface area contributed by atoms with E-state index in [1.54, 1.807) is 12.4 Å². The smallest absolute Gasteiger partial charge is 0.255 e. The Morgan fingerprint density at radius 2 is 1.88 bits per heavy atom. The number of rotatable bonds is 7. The van der Waals surface area contributed by atoms with Gasteiger partial charge in [-0.15, -0.1) is 0 Å². The van der Waals surface area contributed by atoms with Gasteiger partial charge in [0.2, 0.25) is 0 Å². The lowest BCUT2D eigenvalue weighted by Crippen LogP contribution is -2.26. The van der Waals surface area contributed by atoms with Crippen molar-refractivity contribution < 1.29 is 9.53 Å². The van der Waals surface area contributed by atoms with Crippen LogP contribution in [0.3, 0.4) is 0 Å². The van der Waals surface area contributed by atoms with E-state index in [-0.39, 0.29) is 5.91 Å². The Bertz CT molecular complexity index is 1270. The fourth-order valence-corrected chi connectivity index (χ4v) is 4.19. The van der Waals surface area contributed by atoms with Crippen LogP contribution in [-0.2, 0) is 13.0 Å². The van der Waals surface area contributed by atoms with Gasteiger partial charge in [-0.25, -0.2) is 0 Å². The molecule has 1 aliphatic rings. The largest absolute Gasteiger partial charge is 0.478 e. The zero-order chi connectivity index (χ0) is 21.9. The summed E-state index contributed by atoms with van der Waals surface area (Å²) >= 11 is 0. The van der Waals surface area contributed by atoms with Crippen molar-refractivity contribution in [2.24, 2.45) is 0 Å². The number of hydrogen-bond donors (Lipinski definition) is 1. The highest BCUT2D eigenvalue weighted by molar-refractivity contribution is 6.05. The van der Waals surface area contributed by atoms with Crippen molar-refractivity contribution in [2.45, 2.75) is 13.0 Å². The molecule has 1 aliphatic heterocycles. The van der Waals surface area contributed by atoms with Crippen molar-refractivity contribution in [2.75, 3.05) is 20.3 Å². The number of fused-ring (bicyclic) bond motifs is 2. The average Bonchev–Trinajstić information content (AvgIpc) is 3.18. The standard InChI is InChI=1S/C26H24N4O2/c1-27-17-32-24-9-8-21(18-10-13-28-14-11-18)25-22(24)16-30(26(25)31)15-12-20-7-6-19-4-2-3-5-23(19)29-20/h2-11,13-14,27H,12,15-17H2,1H3. The summed E-state index contributed by atoms with van der Waals surface area (Å²) in [5.41, 5.74) is 5.50. The molecule has 1 amide bonds. The third-order valence-electron chi connectivity index (χ3n) is 5.78. The highest BCUT2D eigenvalue weighted by Gasteiger charge is 2.33. The SMILES string of the molecule is CNCOc1ccc(-c2ccncc2)c2c1CN(CCc1ccc3ccccc3n1)C2=O. The van der Waals surface area contributed by atoms with Crippen LogP contribution in [0.2, 0.25) is 0 Å². The number of nitrogens with one attached hydrogen (secondary N) is 1. The lowest BCUT2D eigenvalue weighted by molar-refractivity contribution is 0.0780. The van der Waals surface area contributed by atoms with Crippen LogP contribution >= 0.6 is 0 Å². The van der Waals surface area contributed by atoms with Gasteiger partial charge in [0.1, 0.15) is 12.5 Å². The summed E-state index contributed by atoms with van der Waals surface area (Å²) in [4.78, 5) is 24.2. The highest BCUT2D eigenvalue weighted by atomic mass is 16.5. The molecule has 6 heteroatoms. The molecular formula is C26H24N4O2. The molecule has 160 valence electrons. The quantitative estimate of drug-likeness (QED) is 0.454. The predicted octanol–water partition coefficient (Wildman–Crippen LogP) is 4.05. The average molecular weight is 425 g/mol. The number of pyridine rings is 2. The van der Waals surface area contributed by atoms with Crippen molar-refractivity contribution in [1.29, 1.82) is 0 Å². The van der Waals surface area contributed by atoms with Gasteiger partial charge >= 0.3 is 0 Å². The number of aromatic nitrogens is 2. The van der Waals surface area contributed by atoms with Gasteiger partial charge in [0.15, 0.2) is 0 Å². The maximum atomic E-state index is 13.5. The second-order valence-corrected chi connectivity index (χ2v) is 7.81. The number of benzene rings is 2. The van der Waals surface area contributed by atoms with Gasteiger partial charge < -0.3 is 9.64 Å². The normalized spacial score (nSPS) is 12.9. The first kappa shape index (κ1) is 20.2. The Kier molecular flexibility index (Phi) is 5.52. The van der Waals surface area contributed by atoms with Crippen molar-refractivity contribution in [3.8, 4) is 16.9 Å². The molecule has 0 atom stereocenters. The maximum absolute atomic E-state index is 13.5. The van der Waals surface area contributed by atoms with Crippen LogP contribution in [0.15, 0.2) is 73.1 Å². The number of ether oxygens (including phenoxy) is 1. The number of hydrogen-bond acceptors (Lipinski definition) is 5. The van der Waals surface area contributed by atoms with Gasteiger partial charge in [-0.3, -0.25) is 20.1 Å². The van der Waals surface area contributed by atoms with E-state index in [0.717, 1.165) is 44.6 Å². The van der Waals surface area contributed by atoms with E-state index in [1.807, 2.05) is 60.5 Å². The second kappa shape index (κ2) is 8.77. The molecule has 0 aliphatic carbocycles. The molecule has 0 spiro atoms. The van der Waals surface area contributed by atoms with E-state index in [2.05, 4.69) is 22.4 Å². The van der Waals surface area contributed by atoms with Crippen LogP contribution in [0.1, 0.15) is 21.6 Å². The molecule has 0 bridgehead atoms. The fourth-order valence-electron chi connectivity index (χ4n) is 4.19. The molecule has 2 aromatic carbocycles. The van der Waals surface area contributed by atoms with Crippen molar-refractivity contribution in [1.82, 2.24) is 20.2 Å². The number of amides is 1. The molecular weight excluding hydrogens is 400 g/mol. The number of para-hydroxylation sites is 1. The van der Waals surface area contributed by atoms with E-state index >= 15 is 0 Å². The van der Waals surface area contributed by atoms with E-state index in [9.17, 15) is 4.79 Å². The molecule has 0 unspecified atom stereocenters. The van der Waals surface area contributed by atoms with Crippen LogP contribution in [0.25, 0.3) is 22.0 Å². The molecule has 1 N–H and O–H groups in total. The van der Waals surface area contributed by atoms with E-state index in [0.29, 0.717) is 26.2 Å². The van der Waals surface area contributed by atoms with Gasteiger partial charge in [0.05, 0.1) is 17.6 Å². The first-order valence-electron chi connectivity index (χ1n) is 10.7. The van der Waals surface area contributed by atoms with Crippen molar-refractivity contribution >= 4 is 16.8 Å². The minimum absolute atomic E-state index is 0.0301. The van der Waals surface area contributed by atoms with Crippen LogP contribution in [0, 0.1) is 0 Å². The molecule has 2 aromatic heterocycles. The summed E-state index contributed by atoms with van der Waals surface area (Å²) in [6.45, 7) is 1.51. The van der Waals surface area contributed by atoms with E-state index in [4.69, 9.17) is 9.72 Å². The van der Waals surface area contributed by atoms with Crippen LogP contribution < -0.4 is 10.1 Å². The highest BCUT2D eigenvalue weighted by Crippen LogP contribution is 2.38. The third-order valence-corrected chi connectivity index (χ3v) is 5.78. The fraction of sp³-hybridized carbons (Fsp3) is 0.192. The molecule has 4 aromatic rings. The molecule has 5 rings (SSSR count). The monoisotopic (exact) mass is 424 g/mol. The summed E-state index contributed by atoms with van der Waals surface area (Å²) in [5.74, 6) is 0.773. The van der Waals surface area contributed by atoms with Crippen molar-refractivity contribution in [3.05, 3.63) is 89.9 Å². The lowest BCUT2D eigenvalue weighted by atomic mass is 9.97. The van der Waals surface area contributed by atoms with Crippen molar-refractivity contribution in [3.63, 3.8) is 0 Å². The van der Waals surface area contributed by atoms with Gasteiger partial charge in [-0.2, -0.15) is 0 Å². The van der Waals surface area contributed by atoms with E-state index in [1.165, 1.54) is 0 Å². The molecule has 0 saturated heterocycles. The summed E-state index contributed by atoms with van der Waals surface area (Å²) < 4.78 is 5.88. The van der Waals surface area contributed by atoms with Crippen LogP contribution in [0.5, 0.6) is 5.75 Å². The zero-order valence-electron chi connectivity index (χ0n) is 17.9.